The normalized spacial score (nSPS) is 23.5. The Kier molecular flexibility index (Phi) is 5.34. The second kappa shape index (κ2) is 7.34. The van der Waals surface area contributed by atoms with Crippen molar-refractivity contribution in [2.45, 2.75) is 39.3 Å². The minimum Gasteiger partial charge on any atom is -0.370 e. The van der Waals surface area contributed by atoms with E-state index in [9.17, 15) is 4.79 Å². The van der Waals surface area contributed by atoms with Gasteiger partial charge in [0.25, 0.3) is 0 Å². The molecule has 2 aromatic carbocycles. The number of nitrogens with zero attached hydrogens (tertiary/aromatic N) is 2. The van der Waals surface area contributed by atoms with Crippen LogP contribution in [-0.4, -0.2) is 30.2 Å². The number of hydrogen-bond acceptors (Lipinski definition) is 5. The zero-order valence-electron chi connectivity index (χ0n) is 17.3. The number of rotatable bonds is 4. The number of carbonyl (C=O) groups excluding carboxylic acids is 1. The van der Waals surface area contributed by atoms with Gasteiger partial charge in [-0.25, -0.2) is 9.38 Å². The quantitative estimate of drug-likeness (QED) is 0.714. The Labute approximate surface area is 175 Å². The van der Waals surface area contributed by atoms with Crippen LogP contribution in [0, 0.1) is 18.2 Å². The van der Waals surface area contributed by atoms with Gasteiger partial charge in [0.05, 0.1) is 11.6 Å². The van der Waals surface area contributed by atoms with Gasteiger partial charge in [-0.15, -0.1) is 0 Å². The molecule has 3 rings (SSSR count). The van der Waals surface area contributed by atoms with E-state index < -0.39 is 22.8 Å². The Hall–Kier alpha value is -2.60. The highest BCUT2D eigenvalue weighted by molar-refractivity contribution is 6.30. The highest BCUT2D eigenvalue weighted by atomic mass is 35.5. The molecule has 2 aromatic rings. The van der Waals surface area contributed by atoms with E-state index in [2.05, 4.69) is 10.3 Å². The lowest BCUT2D eigenvalue weighted by Gasteiger charge is -2.51. The van der Waals surface area contributed by atoms with Gasteiger partial charge in [0, 0.05) is 34.4 Å². The SMILES string of the molecule is Cc1ccc(Cl)cc1Nc1ccc(F)c(C2(C)N=C(N)N(C)C(C=O)C2(C)C)c1. The predicted octanol–water partition coefficient (Wildman–Crippen LogP) is 4.60. The van der Waals surface area contributed by atoms with Crippen molar-refractivity contribution in [2.75, 3.05) is 12.4 Å². The number of nitrogens with one attached hydrogen (secondary N) is 1. The van der Waals surface area contributed by atoms with Crippen molar-refractivity contribution in [3.8, 4) is 0 Å². The van der Waals surface area contributed by atoms with Crippen LogP contribution in [0.25, 0.3) is 0 Å². The number of aldehydes is 1. The average Bonchev–Trinajstić information content (AvgIpc) is 2.65. The van der Waals surface area contributed by atoms with Gasteiger partial charge in [-0.3, -0.25) is 0 Å². The summed E-state index contributed by atoms with van der Waals surface area (Å²) in [5, 5.41) is 3.91. The fourth-order valence-electron chi connectivity index (χ4n) is 3.90. The number of halogens is 2. The molecule has 0 fully saturated rings. The van der Waals surface area contributed by atoms with Crippen LogP contribution in [0.4, 0.5) is 15.8 Å². The van der Waals surface area contributed by atoms with Crippen LogP contribution in [0.2, 0.25) is 5.02 Å². The molecule has 0 aliphatic carbocycles. The summed E-state index contributed by atoms with van der Waals surface area (Å²) in [5.41, 5.74) is 7.24. The smallest absolute Gasteiger partial charge is 0.192 e. The molecule has 5 nitrogen and oxygen atoms in total. The van der Waals surface area contributed by atoms with Gasteiger partial charge < -0.3 is 20.7 Å². The van der Waals surface area contributed by atoms with E-state index in [-0.39, 0.29) is 5.96 Å². The van der Waals surface area contributed by atoms with Crippen LogP contribution in [0.15, 0.2) is 41.4 Å². The van der Waals surface area contributed by atoms with Crippen LogP contribution in [-0.2, 0) is 10.3 Å². The Bertz CT molecular complexity index is 991. The van der Waals surface area contributed by atoms with Gasteiger partial charge >= 0.3 is 0 Å². The largest absolute Gasteiger partial charge is 0.370 e. The number of nitrogens with two attached hydrogens (primary N) is 1. The number of aliphatic imine (C=N–C) groups is 1. The fraction of sp³-hybridized carbons (Fsp3) is 0.364. The Morgan fingerprint density at radius 1 is 1.24 bits per heavy atom. The summed E-state index contributed by atoms with van der Waals surface area (Å²) < 4.78 is 15.0. The topological polar surface area (TPSA) is 70.7 Å². The molecule has 1 heterocycles. The number of anilines is 2. The second-order valence-electron chi connectivity index (χ2n) is 8.23. The number of likely N-dealkylation sites (N-methyl/N-ethyl adjacent to an activating group) is 1. The molecule has 1 aliphatic heterocycles. The molecule has 7 heteroatoms. The van der Waals surface area contributed by atoms with Crippen LogP contribution in [0.1, 0.15) is 31.9 Å². The Morgan fingerprint density at radius 2 is 1.93 bits per heavy atom. The zero-order valence-corrected chi connectivity index (χ0v) is 18.0. The first kappa shape index (κ1) is 21.1. The van der Waals surface area contributed by atoms with Crippen LogP contribution in [0.5, 0.6) is 0 Å². The van der Waals surface area contributed by atoms with Crippen LogP contribution >= 0.6 is 11.6 Å². The van der Waals surface area contributed by atoms with Crippen LogP contribution in [0.3, 0.4) is 0 Å². The molecule has 2 atom stereocenters. The van der Waals surface area contributed by atoms with Gasteiger partial charge in [0.2, 0.25) is 0 Å². The van der Waals surface area contributed by atoms with Crippen molar-refractivity contribution < 1.29 is 9.18 Å². The first-order valence-electron chi connectivity index (χ1n) is 9.38. The number of hydrogen-bond donors (Lipinski definition) is 2. The molecule has 0 spiro atoms. The molecule has 29 heavy (non-hydrogen) atoms. The summed E-state index contributed by atoms with van der Waals surface area (Å²) in [6, 6.07) is 9.79. The van der Waals surface area contributed by atoms with Gasteiger partial charge in [0.1, 0.15) is 12.1 Å². The summed E-state index contributed by atoms with van der Waals surface area (Å²) in [4.78, 5) is 18.1. The van der Waals surface area contributed by atoms with Crippen molar-refractivity contribution in [3.05, 3.63) is 58.4 Å². The van der Waals surface area contributed by atoms with Crippen molar-refractivity contribution in [1.82, 2.24) is 4.90 Å². The molecule has 0 radical (unpaired) electrons. The maximum atomic E-state index is 15.0. The van der Waals surface area contributed by atoms with Crippen LogP contribution < -0.4 is 11.1 Å². The molecule has 0 saturated heterocycles. The standard InChI is InChI=1S/C22H26ClFN4O/c1-13-6-7-14(23)10-18(13)26-15-8-9-17(24)16(11-15)22(4)21(2,3)19(12-29)28(5)20(25)27-22/h6-12,19,26H,1-5H3,(H2,25,27). The molecule has 2 unspecified atom stereocenters. The predicted molar refractivity (Wildman–Crippen MR) is 116 cm³/mol. The van der Waals surface area contributed by atoms with E-state index in [1.54, 1.807) is 24.1 Å². The average molecular weight is 417 g/mol. The van der Waals surface area contributed by atoms with E-state index >= 15 is 4.39 Å². The maximum Gasteiger partial charge on any atom is 0.192 e. The lowest BCUT2D eigenvalue weighted by molar-refractivity contribution is -0.116. The van der Waals surface area contributed by atoms with E-state index in [4.69, 9.17) is 17.3 Å². The minimum atomic E-state index is -1.04. The summed E-state index contributed by atoms with van der Waals surface area (Å²) in [6.07, 6.45) is 0.842. The number of carbonyl (C=O) groups is 1. The molecular formula is C22H26ClFN4O. The number of guanidine groups is 1. The number of benzene rings is 2. The third kappa shape index (κ3) is 3.46. The van der Waals surface area contributed by atoms with E-state index in [0.717, 1.165) is 17.5 Å². The molecule has 1 aliphatic rings. The minimum absolute atomic E-state index is 0.201. The zero-order chi connectivity index (χ0) is 21.6. The fourth-order valence-corrected chi connectivity index (χ4v) is 4.07. The lowest BCUT2D eigenvalue weighted by atomic mass is 9.64. The van der Waals surface area contributed by atoms with Crippen molar-refractivity contribution in [3.63, 3.8) is 0 Å². The van der Waals surface area contributed by atoms with E-state index in [1.165, 1.54) is 6.07 Å². The monoisotopic (exact) mass is 416 g/mol. The molecule has 0 saturated carbocycles. The van der Waals surface area contributed by atoms with Gasteiger partial charge in [0.15, 0.2) is 5.96 Å². The van der Waals surface area contributed by atoms with Crippen molar-refractivity contribution >= 4 is 35.2 Å². The van der Waals surface area contributed by atoms with Crippen molar-refractivity contribution in [2.24, 2.45) is 16.1 Å². The lowest BCUT2D eigenvalue weighted by Crippen LogP contribution is -2.61. The van der Waals surface area contributed by atoms with Gasteiger partial charge in [-0.2, -0.15) is 0 Å². The second-order valence-corrected chi connectivity index (χ2v) is 8.67. The Balaban J connectivity index is 2.12. The third-order valence-corrected chi connectivity index (χ3v) is 6.44. The van der Waals surface area contributed by atoms with Gasteiger partial charge in [-0.1, -0.05) is 31.5 Å². The Morgan fingerprint density at radius 3 is 2.59 bits per heavy atom. The molecule has 0 amide bonds. The molecule has 3 N–H and O–H groups in total. The molecule has 154 valence electrons. The number of aryl methyl sites for hydroxylation is 1. The van der Waals surface area contributed by atoms with E-state index in [1.807, 2.05) is 45.9 Å². The molecule has 0 bridgehead atoms. The van der Waals surface area contributed by atoms with E-state index in [0.29, 0.717) is 16.3 Å². The molecule has 0 aromatic heterocycles. The van der Waals surface area contributed by atoms with Gasteiger partial charge in [-0.05, 0) is 49.7 Å². The first-order chi connectivity index (χ1) is 13.5. The third-order valence-electron chi connectivity index (χ3n) is 6.21. The summed E-state index contributed by atoms with van der Waals surface area (Å²) in [6.45, 7) is 7.58. The first-order valence-corrected chi connectivity index (χ1v) is 9.75. The highest BCUT2D eigenvalue weighted by Crippen LogP contribution is 2.49. The molecular weight excluding hydrogens is 391 g/mol. The summed E-state index contributed by atoms with van der Waals surface area (Å²) >= 11 is 6.11. The maximum absolute atomic E-state index is 15.0. The van der Waals surface area contributed by atoms with Crippen molar-refractivity contribution in [1.29, 1.82) is 0 Å². The summed E-state index contributed by atoms with van der Waals surface area (Å²) in [7, 11) is 1.72. The summed E-state index contributed by atoms with van der Waals surface area (Å²) in [5.74, 6) is -0.202. The highest BCUT2D eigenvalue weighted by Gasteiger charge is 2.53.